The van der Waals surface area contributed by atoms with Crippen LogP contribution in [-0.4, -0.2) is 29.2 Å². The Morgan fingerprint density at radius 3 is 2.76 bits per heavy atom. The number of pyridine rings is 1. The summed E-state index contributed by atoms with van der Waals surface area (Å²) in [4.78, 5) is 14.4. The summed E-state index contributed by atoms with van der Waals surface area (Å²) in [6.07, 6.45) is 1.88. The van der Waals surface area contributed by atoms with Gasteiger partial charge in [0.05, 0.1) is 4.92 Å². The van der Waals surface area contributed by atoms with Crippen molar-refractivity contribution in [1.29, 1.82) is 0 Å². The summed E-state index contributed by atoms with van der Waals surface area (Å²) in [6, 6.07) is 3.49. The molecular formula is C11H15N3O3. The first-order chi connectivity index (χ1) is 8.16. The molecule has 1 N–H and O–H groups in total. The minimum Gasteiger partial charge on any atom is -0.381 e. The highest BCUT2D eigenvalue weighted by molar-refractivity contribution is 5.45. The molecule has 0 saturated carbocycles. The zero-order chi connectivity index (χ0) is 12.3. The van der Waals surface area contributed by atoms with Crippen molar-refractivity contribution in [2.75, 3.05) is 18.5 Å². The number of hydrogen-bond donors (Lipinski definition) is 1. The number of rotatable bonds is 3. The lowest BCUT2D eigenvalue weighted by atomic mass is 10.1. The second-order valence-electron chi connectivity index (χ2n) is 4.09. The van der Waals surface area contributed by atoms with Crippen LogP contribution in [-0.2, 0) is 4.74 Å². The van der Waals surface area contributed by atoms with Gasteiger partial charge in [-0.15, -0.1) is 0 Å². The largest absolute Gasteiger partial charge is 0.381 e. The second kappa shape index (κ2) is 5.09. The molecule has 0 aliphatic carbocycles. The smallest absolute Gasteiger partial charge is 0.290 e. The number of nitrogens with one attached hydrogen (secondary N) is 1. The third-order valence-electron chi connectivity index (χ3n) is 2.83. The summed E-state index contributed by atoms with van der Waals surface area (Å²) in [5.41, 5.74) is 0.495. The molecule has 92 valence electrons. The molecule has 1 saturated heterocycles. The van der Waals surface area contributed by atoms with Gasteiger partial charge in [-0.1, -0.05) is 0 Å². The summed E-state index contributed by atoms with van der Waals surface area (Å²) in [5.74, 6) is 0.694. The summed E-state index contributed by atoms with van der Waals surface area (Å²) in [5, 5.41) is 13.9. The van der Waals surface area contributed by atoms with Gasteiger partial charge in [0.25, 0.3) is 5.69 Å². The number of nitro groups is 1. The van der Waals surface area contributed by atoms with Gasteiger partial charge in [-0.2, -0.15) is 0 Å². The second-order valence-corrected chi connectivity index (χ2v) is 4.09. The van der Waals surface area contributed by atoms with E-state index in [4.69, 9.17) is 4.74 Å². The molecule has 1 aliphatic rings. The molecule has 2 rings (SSSR count). The van der Waals surface area contributed by atoms with E-state index in [2.05, 4.69) is 10.3 Å². The Kier molecular flexibility index (Phi) is 3.53. The maximum absolute atomic E-state index is 10.7. The Morgan fingerprint density at radius 1 is 1.47 bits per heavy atom. The average Bonchev–Trinajstić information content (AvgIpc) is 2.30. The average molecular weight is 237 g/mol. The Balaban J connectivity index is 2.06. The summed E-state index contributed by atoms with van der Waals surface area (Å²) in [6.45, 7) is 3.15. The Labute approximate surface area is 99.2 Å². The molecule has 0 bridgehead atoms. The van der Waals surface area contributed by atoms with Gasteiger partial charge >= 0.3 is 0 Å². The fourth-order valence-corrected chi connectivity index (χ4v) is 1.88. The van der Waals surface area contributed by atoms with Gasteiger partial charge in [-0.3, -0.25) is 10.1 Å². The van der Waals surface area contributed by atoms with Crippen LogP contribution < -0.4 is 5.32 Å². The molecule has 6 nitrogen and oxygen atoms in total. The molecule has 0 spiro atoms. The molecule has 17 heavy (non-hydrogen) atoms. The topological polar surface area (TPSA) is 77.3 Å². The lowest BCUT2D eigenvalue weighted by Crippen LogP contribution is -2.28. The third kappa shape index (κ3) is 2.91. The maximum Gasteiger partial charge on any atom is 0.290 e. The molecule has 0 unspecified atom stereocenters. The zero-order valence-electron chi connectivity index (χ0n) is 9.68. The van der Waals surface area contributed by atoms with E-state index in [0.29, 0.717) is 17.6 Å². The summed E-state index contributed by atoms with van der Waals surface area (Å²) >= 11 is 0. The van der Waals surface area contributed by atoms with Crippen molar-refractivity contribution >= 4 is 11.5 Å². The lowest BCUT2D eigenvalue weighted by molar-refractivity contribution is -0.385. The molecule has 1 aliphatic heterocycles. The van der Waals surface area contributed by atoms with Crippen LogP contribution in [0, 0.1) is 17.0 Å². The van der Waals surface area contributed by atoms with Gasteiger partial charge in [0, 0.05) is 25.3 Å². The minimum absolute atomic E-state index is 0.0579. The van der Waals surface area contributed by atoms with Crippen molar-refractivity contribution in [3.8, 4) is 0 Å². The quantitative estimate of drug-likeness (QED) is 0.641. The van der Waals surface area contributed by atoms with Crippen LogP contribution in [0.15, 0.2) is 12.1 Å². The lowest BCUT2D eigenvalue weighted by Gasteiger charge is -2.23. The Bertz CT molecular complexity index is 416. The molecule has 1 fully saturated rings. The predicted molar refractivity (Wildman–Crippen MR) is 63.1 cm³/mol. The first-order valence-corrected chi connectivity index (χ1v) is 5.63. The van der Waals surface area contributed by atoms with Gasteiger partial charge < -0.3 is 10.1 Å². The van der Waals surface area contributed by atoms with E-state index in [1.54, 1.807) is 13.0 Å². The molecule has 1 aromatic rings. The Morgan fingerprint density at radius 2 is 2.18 bits per heavy atom. The predicted octanol–water partition coefficient (Wildman–Crippen LogP) is 1.89. The van der Waals surface area contributed by atoms with Crippen LogP contribution >= 0.6 is 0 Å². The van der Waals surface area contributed by atoms with Crippen molar-refractivity contribution in [2.45, 2.75) is 25.8 Å². The monoisotopic (exact) mass is 237 g/mol. The third-order valence-corrected chi connectivity index (χ3v) is 2.83. The molecule has 2 heterocycles. The van der Waals surface area contributed by atoms with Crippen molar-refractivity contribution in [2.24, 2.45) is 0 Å². The van der Waals surface area contributed by atoms with Crippen LogP contribution in [0.2, 0.25) is 0 Å². The van der Waals surface area contributed by atoms with Gasteiger partial charge in [0.1, 0.15) is 11.5 Å². The van der Waals surface area contributed by atoms with Gasteiger partial charge in [0.15, 0.2) is 0 Å². The number of aromatic nitrogens is 1. The van der Waals surface area contributed by atoms with E-state index < -0.39 is 4.92 Å². The fraction of sp³-hybridized carbons (Fsp3) is 0.545. The van der Waals surface area contributed by atoms with E-state index in [-0.39, 0.29) is 5.69 Å². The van der Waals surface area contributed by atoms with Crippen LogP contribution in [0.3, 0.4) is 0 Å². The summed E-state index contributed by atoms with van der Waals surface area (Å²) < 4.78 is 5.26. The number of aryl methyl sites for hydroxylation is 1. The maximum atomic E-state index is 10.7. The number of ether oxygens (including phenoxy) is 1. The van der Waals surface area contributed by atoms with Crippen molar-refractivity contribution < 1.29 is 9.66 Å². The fourth-order valence-electron chi connectivity index (χ4n) is 1.88. The van der Waals surface area contributed by atoms with Crippen LogP contribution in [0.5, 0.6) is 0 Å². The highest BCUT2D eigenvalue weighted by Crippen LogP contribution is 2.19. The van der Waals surface area contributed by atoms with E-state index >= 15 is 0 Å². The molecule has 0 atom stereocenters. The minimum atomic E-state index is -0.416. The standard InChI is InChI=1S/C11H15N3O3/c1-8-10(14(15)16)2-3-11(12-8)13-9-4-6-17-7-5-9/h2-3,9H,4-7H2,1H3,(H,12,13). The molecule has 0 radical (unpaired) electrons. The van der Waals surface area contributed by atoms with Crippen molar-refractivity contribution in [1.82, 2.24) is 4.98 Å². The van der Waals surface area contributed by atoms with Gasteiger partial charge in [-0.05, 0) is 25.8 Å². The SMILES string of the molecule is Cc1nc(NC2CCOCC2)ccc1[N+](=O)[O-]. The van der Waals surface area contributed by atoms with Crippen LogP contribution in [0.25, 0.3) is 0 Å². The first kappa shape index (κ1) is 11.8. The van der Waals surface area contributed by atoms with Crippen molar-refractivity contribution in [3.05, 3.63) is 27.9 Å². The van der Waals surface area contributed by atoms with E-state index in [1.807, 2.05) is 0 Å². The highest BCUT2D eigenvalue weighted by atomic mass is 16.6. The number of hydrogen-bond acceptors (Lipinski definition) is 5. The van der Waals surface area contributed by atoms with E-state index in [1.165, 1.54) is 6.07 Å². The molecule has 1 aromatic heterocycles. The van der Waals surface area contributed by atoms with Crippen LogP contribution in [0.1, 0.15) is 18.5 Å². The number of nitrogens with zero attached hydrogens (tertiary/aromatic N) is 2. The normalized spacial score (nSPS) is 16.8. The molecule has 0 amide bonds. The highest BCUT2D eigenvalue weighted by Gasteiger charge is 2.16. The van der Waals surface area contributed by atoms with Crippen molar-refractivity contribution in [3.63, 3.8) is 0 Å². The van der Waals surface area contributed by atoms with Gasteiger partial charge in [0.2, 0.25) is 0 Å². The Hall–Kier alpha value is -1.69. The summed E-state index contributed by atoms with van der Waals surface area (Å²) in [7, 11) is 0. The molecule has 6 heteroatoms. The molecule has 0 aromatic carbocycles. The van der Waals surface area contributed by atoms with Crippen LogP contribution in [0.4, 0.5) is 11.5 Å². The van der Waals surface area contributed by atoms with E-state index in [9.17, 15) is 10.1 Å². The molecular weight excluding hydrogens is 222 g/mol. The van der Waals surface area contributed by atoms with E-state index in [0.717, 1.165) is 26.1 Å². The van der Waals surface area contributed by atoms with Gasteiger partial charge in [-0.25, -0.2) is 4.98 Å². The number of anilines is 1. The first-order valence-electron chi connectivity index (χ1n) is 5.63. The zero-order valence-corrected chi connectivity index (χ0v) is 9.68.